The van der Waals surface area contributed by atoms with Crippen LogP contribution in [0.25, 0.3) is 0 Å². The van der Waals surface area contributed by atoms with Crippen LogP contribution in [0, 0.1) is 29.1 Å². The maximum absolute atomic E-state index is 15.2. The highest BCUT2D eigenvalue weighted by Crippen LogP contribution is 2.75. The van der Waals surface area contributed by atoms with Crippen molar-refractivity contribution >= 4 is 23.4 Å². The van der Waals surface area contributed by atoms with Gasteiger partial charge in [0, 0.05) is 23.5 Å². The molecule has 4 bridgehead atoms. The second kappa shape index (κ2) is 6.91. The summed E-state index contributed by atoms with van der Waals surface area (Å²) in [5.41, 5.74) is 6.23. The number of thiocarbonyl (C=S) groups is 1. The lowest BCUT2D eigenvalue weighted by atomic mass is 9.63. The van der Waals surface area contributed by atoms with Gasteiger partial charge in [0.25, 0.3) is 5.92 Å². The Hall–Kier alpha value is -1.20. The maximum Gasteiger partial charge on any atom is 0.254 e. The van der Waals surface area contributed by atoms with Crippen LogP contribution < -0.4 is 5.73 Å². The smallest absolute Gasteiger partial charge is 0.254 e. The molecule has 5 aliphatic rings. The van der Waals surface area contributed by atoms with Crippen LogP contribution in [-0.2, 0) is 5.41 Å². The van der Waals surface area contributed by atoms with Gasteiger partial charge in [-0.3, -0.25) is 4.99 Å². The van der Waals surface area contributed by atoms with Gasteiger partial charge in [0.1, 0.15) is 4.99 Å². The summed E-state index contributed by atoms with van der Waals surface area (Å²) < 4.78 is 30.4. The first-order valence-electron chi connectivity index (χ1n) is 11.1. The third kappa shape index (κ3) is 2.95. The molecule has 5 heteroatoms. The number of nitrogens with zero attached hydrogens (tertiary/aromatic N) is 1. The van der Waals surface area contributed by atoms with E-state index in [4.69, 9.17) is 22.9 Å². The summed E-state index contributed by atoms with van der Waals surface area (Å²) in [5.74, 6) is -2.81. The summed E-state index contributed by atoms with van der Waals surface area (Å²) in [5, 5.41) is 0. The molecule has 4 unspecified atom stereocenters. The number of alkyl halides is 2. The monoisotopic (exact) mass is 416 g/mol. The molecule has 0 radical (unpaired) electrons. The molecule has 2 nitrogen and oxygen atoms in total. The Morgan fingerprint density at radius 3 is 2.52 bits per heavy atom. The fraction of sp³-hybridized carbons (Fsp3) is 0.667. The predicted molar refractivity (Wildman–Crippen MR) is 117 cm³/mol. The van der Waals surface area contributed by atoms with Crippen molar-refractivity contribution in [2.45, 2.75) is 62.7 Å². The van der Waals surface area contributed by atoms with Gasteiger partial charge in [0.2, 0.25) is 0 Å². The van der Waals surface area contributed by atoms with Gasteiger partial charge in [-0.25, -0.2) is 8.78 Å². The zero-order chi connectivity index (χ0) is 20.3. The Labute approximate surface area is 177 Å². The fourth-order valence-corrected chi connectivity index (χ4v) is 7.47. The zero-order valence-corrected chi connectivity index (χ0v) is 17.6. The first-order chi connectivity index (χ1) is 13.9. The van der Waals surface area contributed by atoms with Crippen molar-refractivity contribution < 1.29 is 8.78 Å². The second-order valence-corrected chi connectivity index (χ2v) is 10.5. The number of nitrogens with two attached hydrogens (primary N) is 1. The van der Waals surface area contributed by atoms with Crippen molar-refractivity contribution in [2.24, 2.45) is 39.8 Å². The molecule has 1 aromatic rings. The summed E-state index contributed by atoms with van der Waals surface area (Å²) in [6.45, 7) is 0.755. The van der Waals surface area contributed by atoms with Crippen LogP contribution in [0.5, 0.6) is 0 Å². The van der Waals surface area contributed by atoms with Crippen molar-refractivity contribution in [3.8, 4) is 0 Å². The van der Waals surface area contributed by atoms with E-state index in [1.807, 2.05) is 24.4 Å². The highest BCUT2D eigenvalue weighted by molar-refractivity contribution is 7.80. The summed E-state index contributed by atoms with van der Waals surface area (Å²) in [4.78, 5) is 5.25. The minimum atomic E-state index is -2.62. The van der Waals surface area contributed by atoms with Gasteiger partial charge in [-0.15, -0.1) is 0 Å². The number of hydrogen-bond donors (Lipinski definition) is 1. The SMILES string of the molecule is NCC1CCC(C=NC(=S)C23CC4CC(c5ccccc5)(CC2C4(F)F)C3)CC1. The minimum absolute atomic E-state index is 0.157. The number of aliphatic imine (C=N–C) groups is 1. The average Bonchev–Trinajstić information content (AvgIpc) is 3.09. The topological polar surface area (TPSA) is 38.4 Å². The molecule has 1 aromatic carbocycles. The maximum atomic E-state index is 15.2. The third-order valence-electron chi connectivity index (χ3n) is 8.61. The van der Waals surface area contributed by atoms with Crippen LogP contribution in [0.3, 0.4) is 0 Å². The molecule has 5 aliphatic carbocycles. The van der Waals surface area contributed by atoms with Crippen molar-refractivity contribution in [3.63, 3.8) is 0 Å². The zero-order valence-electron chi connectivity index (χ0n) is 16.8. The summed E-state index contributed by atoms with van der Waals surface area (Å²) in [6.07, 6.45) is 8.77. The molecule has 156 valence electrons. The van der Waals surface area contributed by atoms with E-state index in [1.165, 1.54) is 5.56 Å². The van der Waals surface area contributed by atoms with E-state index in [-0.39, 0.29) is 5.41 Å². The van der Waals surface area contributed by atoms with E-state index in [9.17, 15) is 0 Å². The van der Waals surface area contributed by atoms with Crippen molar-refractivity contribution in [3.05, 3.63) is 35.9 Å². The Balaban J connectivity index is 1.39. The number of rotatable bonds is 4. The third-order valence-corrected chi connectivity index (χ3v) is 9.12. The molecular formula is C24H30F2N2S. The van der Waals surface area contributed by atoms with Crippen LogP contribution in [0.1, 0.15) is 56.9 Å². The van der Waals surface area contributed by atoms with Crippen LogP contribution in [-0.4, -0.2) is 23.7 Å². The molecule has 0 heterocycles. The lowest BCUT2D eigenvalue weighted by Gasteiger charge is -2.42. The highest BCUT2D eigenvalue weighted by Gasteiger charge is 2.76. The largest absolute Gasteiger partial charge is 0.330 e. The second-order valence-electron chi connectivity index (χ2n) is 10.1. The van der Waals surface area contributed by atoms with Crippen molar-refractivity contribution in [2.75, 3.05) is 6.54 Å². The van der Waals surface area contributed by atoms with E-state index >= 15 is 8.78 Å². The molecular weight excluding hydrogens is 386 g/mol. The highest BCUT2D eigenvalue weighted by atomic mass is 32.1. The van der Waals surface area contributed by atoms with Gasteiger partial charge in [-0.05, 0) is 80.7 Å². The van der Waals surface area contributed by atoms with E-state index in [1.54, 1.807) is 0 Å². The molecule has 4 atom stereocenters. The first-order valence-corrected chi connectivity index (χ1v) is 11.5. The van der Waals surface area contributed by atoms with Gasteiger partial charge in [0.15, 0.2) is 0 Å². The Bertz CT molecular complexity index is 817. The van der Waals surface area contributed by atoms with Crippen molar-refractivity contribution in [1.82, 2.24) is 0 Å². The Morgan fingerprint density at radius 1 is 1.10 bits per heavy atom. The standard InChI is InChI=1S/C24H30F2N2S/c25-24(26)19-10-22(18-4-2-1-3-5-18)12-20(24)23(11-19,15-22)21(29)28-14-17-8-6-16(13-27)7-9-17/h1-5,14,16-17,19-20H,6-13,15,27H2. The molecule has 0 saturated heterocycles. The fourth-order valence-electron chi connectivity index (χ4n) is 7.12. The Kier molecular flexibility index (Phi) is 4.71. The molecule has 0 aromatic heterocycles. The van der Waals surface area contributed by atoms with E-state index in [2.05, 4.69) is 12.1 Å². The van der Waals surface area contributed by atoms with Gasteiger partial charge < -0.3 is 5.73 Å². The van der Waals surface area contributed by atoms with Gasteiger partial charge in [0.05, 0.1) is 0 Å². The van der Waals surface area contributed by atoms with Crippen molar-refractivity contribution in [1.29, 1.82) is 0 Å². The Morgan fingerprint density at radius 2 is 1.83 bits per heavy atom. The first kappa shape index (κ1) is 19.7. The van der Waals surface area contributed by atoms with Gasteiger partial charge >= 0.3 is 0 Å². The number of halogens is 2. The van der Waals surface area contributed by atoms with Crippen LogP contribution in [0.15, 0.2) is 35.3 Å². The molecule has 29 heavy (non-hydrogen) atoms. The lowest BCUT2D eigenvalue weighted by Crippen LogP contribution is -2.41. The quantitative estimate of drug-likeness (QED) is 0.517. The average molecular weight is 417 g/mol. The summed E-state index contributed by atoms with van der Waals surface area (Å²) in [6, 6.07) is 10.3. The molecule has 2 N–H and O–H groups in total. The molecule has 5 fully saturated rings. The lowest BCUT2D eigenvalue weighted by molar-refractivity contribution is -0.106. The predicted octanol–water partition coefficient (Wildman–Crippen LogP) is 5.54. The summed E-state index contributed by atoms with van der Waals surface area (Å²) >= 11 is 5.78. The normalized spacial score (nSPS) is 42.6. The van der Waals surface area contributed by atoms with E-state index < -0.39 is 23.2 Å². The van der Waals surface area contributed by atoms with Crippen LogP contribution >= 0.6 is 12.2 Å². The van der Waals surface area contributed by atoms with Crippen LogP contribution in [0.4, 0.5) is 8.78 Å². The van der Waals surface area contributed by atoms with Gasteiger partial charge in [-0.2, -0.15) is 0 Å². The molecule has 6 rings (SSSR count). The summed E-state index contributed by atoms with van der Waals surface area (Å²) in [7, 11) is 0. The van der Waals surface area contributed by atoms with E-state index in [0.29, 0.717) is 36.1 Å². The van der Waals surface area contributed by atoms with Gasteiger partial charge in [-0.1, -0.05) is 42.5 Å². The van der Waals surface area contributed by atoms with Crippen LogP contribution in [0.2, 0.25) is 0 Å². The molecule has 5 saturated carbocycles. The molecule has 0 spiro atoms. The number of hydrogen-bond acceptors (Lipinski definition) is 2. The number of benzene rings is 1. The van der Waals surface area contributed by atoms with E-state index in [0.717, 1.165) is 38.6 Å². The molecule has 0 amide bonds. The minimum Gasteiger partial charge on any atom is -0.330 e. The molecule has 0 aliphatic heterocycles.